The molecule has 1 aliphatic heterocycles. The largest absolute Gasteiger partial charge is 0.465 e. The fourth-order valence-corrected chi connectivity index (χ4v) is 5.46. The topological polar surface area (TPSA) is 110 Å². The molecule has 0 bridgehead atoms. The second kappa shape index (κ2) is 9.19. The first-order valence-corrected chi connectivity index (χ1v) is 11.4. The van der Waals surface area contributed by atoms with Crippen LogP contribution in [0.25, 0.3) is 0 Å². The second-order valence-corrected chi connectivity index (χ2v) is 9.57. The first-order valence-electron chi connectivity index (χ1n) is 10.0. The number of sulfonamides is 1. The van der Waals surface area contributed by atoms with Crippen molar-refractivity contribution in [1.82, 2.24) is 14.4 Å². The van der Waals surface area contributed by atoms with Gasteiger partial charge in [0.2, 0.25) is 15.9 Å². The molecule has 1 fully saturated rings. The number of nitrogens with zero attached hydrogens (tertiary/aromatic N) is 3. The maximum Gasteiger partial charge on any atom is 0.339 e. The van der Waals surface area contributed by atoms with Gasteiger partial charge < -0.3 is 14.2 Å². The molecule has 0 saturated carbocycles. The Bertz CT molecular complexity index is 1050. The number of carbonyl (C=O) groups excluding carboxylic acids is 2. The number of esters is 1. The molecule has 1 saturated heterocycles. The summed E-state index contributed by atoms with van der Waals surface area (Å²) >= 11 is 0. The quantitative estimate of drug-likeness (QED) is 0.621. The van der Waals surface area contributed by atoms with E-state index in [1.807, 2.05) is 13.8 Å². The maximum atomic E-state index is 13.1. The van der Waals surface area contributed by atoms with Crippen molar-refractivity contribution >= 4 is 21.9 Å². The SMILES string of the molecule is COC(=O)c1ccccc1S(=O)(=O)N1CCC(C(=O)N(C)Cc2c(C)noc2C)CC1. The Kier molecular flexibility index (Phi) is 6.80. The van der Waals surface area contributed by atoms with Crippen molar-refractivity contribution < 1.29 is 27.3 Å². The summed E-state index contributed by atoms with van der Waals surface area (Å²) in [6.07, 6.45) is 0.814. The van der Waals surface area contributed by atoms with Crippen LogP contribution in [0.5, 0.6) is 0 Å². The summed E-state index contributed by atoms with van der Waals surface area (Å²) in [6, 6.07) is 5.99. The maximum absolute atomic E-state index is 13.1. The van der Waals surface area contributed by atoms with E-state index in [1.165, 1.54) is 23.5 Å². The van der Waals surface area contributed by atoms with Gasteiger partial charge in [-0.05, 0) is 38.8 Å². The normalized spacial score (nSPS) is 15.6. The Balaban J connectivity index is 1.68. The zero-order valence-electron chi connectivity index (χ0n) is 18.1. The fraction of sp³-hybridized carbons (Fsp3) is 0.476. The molecule has 0 atom stereocenters. The van der Waals surface area contributed by atoms with Gasteiger partial charge in [-0.25, -0.2) is 13.2 Å². The average molecular weight is 450 g/mol. The molecule has 1 aliphatic rings. The molecule has 0 radical (unpaired) electrons. The Labute approximate surface area is 182 Å². The molecule has 10 heteroatoms. The minimum Gasteiger partial charge on any atom is -0.465 e. The highest BCUT2D eigenvalue weighted by Gasteiger charge is 2.35. The van der Waals surface area contributed by atoms with E-state index in [1.54, 1.807) is 24.1 Å². The van der Waals surface area contributed by atoms with Gasteiger partial charge in [0.05, 0.1) is 29.8 Å². The summed E-state index contributed by atoms with van der Waals surface area (Å²) < 4.78 is 37.5. The van der Waals surface area contributed by atoms with Gasteiger partial charge in [-0.2, -0.15) is 4.31 Å². The Morgan fingerprint density at radius 3 is 2.45 bits per heavy atom. The van der Waals surface area contributed by atoms with Gasteiger partial charge >= 0.3 is 5.97 Å². The van der Waals surface area contributed by atoms with Gasteiger partial charge in [0.25, 0.3) is 0 Å². The third-order valence-corrected chi connectivity index (χ3v) is 7.62. The van der Waals surface area contributed by atoms with Gasteiger partial charge in [-0.1, -0.05) is 17.3 Å². The number of hydrogen-bond acceptors (Lipinski definition) is 7. The lowest BCUT2D eigenvalue weighted by Gasteiger charge is -2.32. The molecule has 31 heavy (non-hydrogen) atoms. The van der Waals surface area contributed by atoms with Crippen molar-refractivity contribution in [2.24, 2.45) is 5.92 Å². The Morgan fingerprint density at radius 2 is 1.87 bits per heavy atom. The molecule has 3 rings (SSSR count). The van der Waals surface area contributed by atoms with E-state index in [0.29, 0.717) is 25.1 Å². The predicted octanol–water partition coefficient (Wildman–Crippen LogP) is 2.14. The van der Waals surface area contributed by atoms with Gasteiger partial charge in [0, 0.05) is 31.6 Å². The fourth-order valence-electron chi connectivity index (χ4n) is 3.81. The molecule has 2 heterocycles. The van der Waals surface area contributed by atoms with E-state index >= 15 is 0 Å². The highest BCUT2D eigenvalue weighted by atomic mass is 32.2. The van der Waals surface area contributed by atoms with Gasteiger partial charge in [0.1, 0.15) is 5.76 Å². The Morgan fingerprint density at radius 1 is 1.23 bits per heavy atom. The van der Waals surface area contributed by atoms with Crippen molar-refractivity contribution in [3.05, 3.63) is 46.8 Å². The molecule has 2 aromatic rings. The van der Waals surface area contributed by atoms with Crippen LogP contribution in [-0.4, -0.2) is 61.9 Å². The molecule has 1 aromatic carbocycles. The molecule has 1 aromatic heterocycles. The van der Waals surface area contributed by atoms with E-state index in [-0.39, 0.29) is 35.4 Å². The standard InChI is InChI=1S/C21H27N3O6S/c1-14-18(15(2)30-22-14)13-23(3)20(25)16-9-11-24(12-10-16)31(27,28)19-8-6-5-7-17(19)21(26)29-4/h5-8,16H,9-13H2,1-4H3. The lowest BCUT2D eigenvalue weighted by Crippen LogP contribution is -2.43. The number of amides is 1. The lowest BCUT2D eigenvalue weighted by molar-refractivity contribution is -0.135. The van der Waals surface area contributed by atoms with E-state index < -0.39 is 16.0 Å². The molecular weight excluding hydrogens is 422 g/mol. The van der Waals surface area contributed by atoms with Crippen LogP contribution in [0, 0.1) is 19.8 Å². The molecule has 168 valence electrons. The summed E-state index contributed by atoms with van der Waals surface area (Å²) in [4.78, 5) is 26.4. The van der Waals surface area contributed by atoms with Crippen LogP contribution in [0.4, 0.5) is 0 Å². The van der Waals surface area contributed by atoms with Crippen molar-refractivity contribution in [1.29, 1.82) is 0 Å². The van der Waals surface area contributed by atoms with E-state index in [4.69, 9.17) is 9.26 Å². The van der Waals surface area contributed by atoms with Crippen molar-refractivity contribution in [3.8, 4) is 0 Å². The first kappa shape index (κ1) is 23.0. The molecule has 9 nitrogen and oxygen atoms in total. The highest BCUT2D eigenvalue weighted by Crippen LogP contribution is 2.27. The Hall–Kier alpha value is -2.72. The third-order valence-electron chi connectivity index (χ3n) is 5.67. The van der Waals surface area contributed by atoms with Crippen molar-refractivity contribution in [2.75, 3.05) is 27.2 Å². The number of ether oxygens (including phenoxy) is 1. The number of benzene rings is 1. The van der Waals surface area contributed by atoms with Crippen molar-refractivity contribution in [3.63, 3.8) is 0 Å². The van der Waals surface area contributed by atoms with Crippen LogP contribution in [0.2, 0.25) is 0 Å². The molecule has 0 aliphatic carbocycles. The number of rotatable bonds is 6. The lowest BCUT2D eigenvalue weighted by atomic mass is 9.96. The van der Waals surface area contributed by atoms with Crippen LogP contribution in [0.1, 0.15) is 40.2 Å². The molecule has 0 unspecified atom stereocenters. The van der Waals surface area contributed by atoms with Crippen LogP contribution in [0.15, 0.2) is 33.7 Å². The minimum atomic E-state index is -3.88. The first-order chi connectivity index (χ1) is 14.7. The third kappa shape index (κ3) is 4.64. The summed E-state index contributed by atoms with van der Waals surface area (Å²) in [6.45, 7) is 4.44. The summed E-state index contributed by atoms with van der Waals surface area (Å²) in [5, 5.41) is 3.91. The van der Waals surface area contributed by atoms with E-state index in [0.717, 1.165) is 11.3 Å². The second-order valence-electron chi connectivity index (χ2n) is 7.66. The van der Waals surface area contributed by atoms with Crippen LogP contribution in [-0.2, 0) is 26.1 Å². The predicted molar refractivity (Wildman–Crippen MR) is 112 cm³/mol. The number of carbonyl (C=O) groups is 2. The summed E-state index contributed by atoms with van der Waals surface area (Å²) in [7, 11) is -0.946. The van der Waals surface area contributed by atoms with E-state index in [2.05, 4.69) is 5.16 Å². The highest BCUT2D eigenvalue weighted by molar-refractivity contribution is 7.89. The minimum absolute atomic E-state index is 0.00222. The number of hydrogen-bond donors (Lipinski definition) is 0. The monoisotopic (exact) mass is 449 g/mol. The molecule has 0 spiro atoms. The van der Waals surface area contributed by atoms with E-state index in [9.17, 15) is 18.0 Å². The summed E-state index contributed by atoms with van der Waals surface area (Å²) in [5.41, 5.74) is 1.64. The van der Waals surface area contributed by atoms with Crippen molar-refractivity contribution in [2.45, 2.75) is 38.1 Å². The zero-order valence-corrected chi connectivity index (χ0v) is 18.9. The average Bonchev–Trinajstić information content (AvgIpc) is 3.10. The van der Waals surface area contributed by atoms with Crippen LogP contribution >= 0.6 is 0 Å². The molecule has 0 N–H and O–H groups in total. The molecule has 1 amide bonds. The van der Waals surface area contributed by atoms with Crippen LogP contribution < -0.4 is 0 Å². The van der Waals surface area contributed by atoms with Gasteiger partial charge in [-0.3, -0.25) is 4.79 Å². The number of methoxy groups -OCH3 is 1. The smallest absolute Gasteiger partial charge is 0.339 e. The van der Waals surface area contributed by atoms with Gasteiger partial charge in [0.15, 0.2) is 0 Å². The number of aryl methyl sites for hydroxylation is 2. The molecular formula is C21H27N3O6S. The summed E-state index contributed by atoms with van der Waals surface area (Å²) in [5.74, 6) is -0.327. The zero-order chi connectivity index (χ0) is 22.8. The van der Waals surface area contributed by atoms with Gasteiger partial charge in [-0.15, -0.1) is 0 Å². The number of piperidine rings is 1. The number of aromatic nitrogens is 1. The van der Waals surface area contributed by atoms with Crippen LogP contribution in [0.3, 0.4) is 0 Å².